The maximum Gasteiger partial charge on any atom is 0.378 e. The van der Waals surface area contributed by atoms with Gasteiger partial charge in [0.05, 0.1) is 6.61 Å². The number of amides is 1. The molecule has 0 aromatic carbocycles. The van der Waals surface area contributed by atoms with E-state index < -0.39 is 5.97 Å². The number of carbonyl (C=O) groups excluding carboxylic acids is 2. The van der Waals surface area contributed by atoms with E-state index in [-0.39, 0.29) is 24.9 Å². The average Bonchev–Trinajstić information content (AvgIpc) is 2.78. The van der Waals surface area contributed by atoms with Gasteiger partial charge in [0.25, 0.3) is 5.82 Å². The van der Waals surface area contributed by atoms with E-state index in [9.17, 15) is 9.59 Å². The van der Waals surface area contributed by atoms with Gasteiger partial charge >= 0.3 is 5.97 Å². The maximum absolute atomic E-state index is 11.5. The quantitative estimate of drug-likeness (QED) is 0.533. The van der Waals surface area contributed by atoms with Crippen LogP contribution in [-0.2, 0) is 16.1 Å². The summed E-state index contributed by atoms with van der Waals surface area (Å²) in [6.45, 7) is 4.46. The summed E-state index contributed by atoms with van der Waals surface area (Å²) in [6, 6.07) is 0. The molecule has 1 aromatic heterocycles. The summed E-state index contributed by atoms with van der Waals surface area (Å²) < 4.78 is 5.90. The first-order valence-electron chi connectivity index (χ1n) is 5.89. The highest BCUT2D eigenvalue weighted by molar-refractivity contribution is 5.86. The molecule has 1 rings (SSSR count). The van der Waals surface area contributed by atoms with Crippen molar-refractivity contribution in [2.75, 3.05) is 13.2 Å². The van der Waals surface area contributed by atoms with Crippen LogP contribution in [0.3, 0.4) is 0 Å². The minimum Gasteiger partial charge on any atom is -0.460 e. The topological polar surface area (TPSA) is 99.0 Å². The molecule has 1 aromatic rings. The lowest BCUT2D eigenvalue weighted by Gasteiger charge is -2.05. The average molecular weight is 255 g/mol. The van der Waals surface area contributed by atoms with Crippen LogP contribution in [0.1, 0.15) is 37.3 Å². The smallest absolute Gasteiger partial charge is 0.378 e. The molecule has 0 spiro atoms. The Morgan fingerprint density at radius 1 is 1.39 bits per heavy atom. The number of hydrogen-bond donors (Lipinski definition) is 1. The highest BCUT2D eigenvalue weighted by atomic mass is 16.5. The molecule has 1 amide bonds. The fraction of sp³-hybridized carbons (Fsp3) is 0.700. The van der Waals surface area contributed by atoms with Crippen molar-refractivity contribution in [2.45, 2.75) is 33.2 Å². The van der Waals surface area contributed by atoms with Crippen molar-refractivity contribution in [2.24, 2.45) is 0 Å². The molecule has 1 heterocycles. The first-order chi connectivity index (χ1) is 8.69. The second kappa shape index (κ2) is 7.36. The molecule has 0 saturated carbocycles. The molecular weight excluding hydrogens is 238 g/mol. The Balaban J connectivity index is 2.54. The molecule has 0 aliphatic rings. The van der Waals surface area contributed by atoms with Crippen molar-refractivity contribution in [3.8, 4) is 0 Å². The number of nitrogens with zero attached hydrogens (tertiary/aromatic N) is 4. The van der Waals surface area contributed by atoms with Crippen molar-refractivity contribution in [1.29, 1.82) is 0 Å². The van der Waals surface area contributed by atoms with Gasteiger partial charge in [-0.15, -0.1) is 5.10 Å². The summed E-state index contributed by atoms with van der Waals surface area (Å²) >= 11 is 0. The molecule has 18 heavy (non-hydrogen) atoms. The van der Waals surface area contributed by atoms with Gasteiger partial charge in [-0.2, -0.15) is 0 Å². The number of ether oxygens (including phenoxy) is 1. The summed E-state index contributed by atoms with van der Waals surface area (Å²) in [4.78, 5) is 23.0. The Labute approximate surface area is 105 Å². The number of rotatable bonds is 7. The van der Waals surface area contributed by atoms with Crippen LogP contribution >= 0.6 is 0 Å². The lowest BCUT2D eigenvalue weighted by atomic mass is 10.3. The monoisotopic (exact) mass is 255 g/mol. The van der Waals surface area contributed by atoms with Crippen molar-refractivity contribution in [3.63, 3.8) is 0 Å². The van der Waals surface area contributed by atoms with Crippen molar-refractivity contribution in [3.05, 3.63) is 5.82 Å². The summed E-state index contributed by atoms with van der Waals surface area (Å²) in [5.74, 6) is -0.937. The Hall–Kier alpha value is -1.99. The number of esters is 1. The summed E-state index contributed by atoms with van der Waals surface area (Å²) in [5.41, 5.74) is 0. The third-order valence-corrected chi connectivity index (χ3v) is 2.14. The molecule has 1 N–H and O–H groups in total. The lowest BCUT2D eigenvalue weighted by Crippen LogP contribution is -2.30. The normalized spacial score (nSPS) is 10.1. The van der Waals surface area contributed by atoms with Crippen molar-refractivity contribution < 1.29 is 14.3 Å². The number of unbranched alkanes of at least 4 members (excludes halogenated alkanes) is 1. The first-order valence-corrected chi connectivity index (χ1v) is 5.89. The van der Waals surface area contributed by atoms with Gasteiger partial charge in [-0.25, -0.2) is 9.48 Å². The lowest BCUT2D eigenvalue weighted by molar-refractivity contribution is -0.121. The summed E-state index contributed by atoms with van der Waals surface area (Å²) in [5, 5.41) is 13.2. The summed E-state index contributed by atoms with van der Waals surface area (Å²) in [7, 11) is 0. The minimum absolute atomic E-state index is 0.0671. The molecule has 0 unspecified atom stereocenters. The van der Waals surface area contributed by atoms with Crippen LogP contribution in [0.2, 0.25) is 0 Å². The highest BCUT2D eigenvalue weighted by Crippen LogP contribution is 1.96. The minimum atomic E-state index is -0.635. The van der Waals surface area contributed by atoms with Crippen molar-refractivity contribution in [1.82, 2.24) is 25.5 Å². The molecule has 100 valence electrons. The van der Waals surface area contributed by atoms with Crippen LogP contribution in [0.4, 0.5) is 0 Å². The number of hydrogen-bond acceptors (Lipinski definition) is 6. The van der Waals surface area contributed by atoms with Gasteiger partial charge in [-0.1, -0.05) is 13.3 Å². The SMILES string of the molecule is CCCCNC(=O)Cn1nnnc1C(=O)OCC. The third-order valence-electron chi connectivity index (χ3n) is 2.14. The van der Waals surface area contributed by atoms with Crippen LogP contribution in [-0.4, -0.2) is 45.2 Å². The van der Waals surface area contributed by atoms with Crippen LogP contribution in [0.5, 0.6) is 0 Å². The largest absolute Gasteiger partial charge is 0.460 e. The predicted octanol–water partition coefficient (Wildman–Crippen LogP) is -0.234. The van der Waals surface area contributed by atoms with Crippen LogP contribution in [0.15, 0.2) is 0 Å². The highest BCUT2D eigenvalue weighted by Gasteiger charge is 2.18. The molecule has 0 saturated heterocycles. The third kappa shape index (κ3) is 4.11. The van der Waals surface area contributed by atoms with Gasteiger partial charge in [0, 0.05) is 6.54 Å². The molecule has 0 bridgehead atoms. The number of aromatic nitrogens is 4. The van der Waals surface area contributed by atoms with Crippen LogP contribution < -0.4 is 5.32 Å². The second-order valence-electron chi connectivity index (χ2n) is 3.58. The molecule has 8 heteroatoms. The molecule has 0 fully saturated rings. The standard InChI is InChI=1S/C10H17N5O3/c1-3-5-6-11-8(16)7-15-9(12-13-14-15)10(17)18-4-2/h3-7H2,1-2H3,(H,11,16). The van der Waals surface area contributed by atoms with Gasteiger partial charge in [-0.05, 0) is 23.8 Å². The zero-order chi connectivity index (χ0) is 13.4. The van der Waals surface area contributed by atoms with Crippen LogP contribution in [0.25, 0.3) is 0 Å². The Morgan fingerprint density at radius 2 is 2.17 bits per heavy atom. The summed E-state index contributed by atoms with van der Waals surface area (Å²) in [6.07, 6.45) is 1.91. The number of nitrogens with one attached hydrogen (secondary N) is 1. The number of tetrazole rings is 1. The molecule has 0 aliphatic heterocycles. The first kappa shape index (κ1) is 14.1. The van der Waals surface area contributed by atoms with E-state index in [1.54, 1.807) is 6.92 Å². The van der Waals surface area contributed by atoms with Gasteiger partial charge in [0.15, 0.2) is 0 Å². The second-order valence-corrected chi connectivity index (χ2v) is 3.58. The Bertz CT molecular complexity index is 404. The van der Waals surface area contributed by atoms with E-state index in [1.165, 1.54) is 0 Å². The Morgan fingerprint density at radius 3 is 2.83 bits per heavy atom. The van der Waals surface area contributed by atoms with Gasteiger partial charge in [-0.3, -0.25) is 4.79 Å². The van der Waals surface area contributed by atoms with Gasteiger partial charge in [0.2, 0.25) is 5.91 Å². The zero-order valence-electron chi connectivity index (χ0n) is 10.5. The molecule has 0 aliphatic carbocycles. The van der Waals surface area contributed by atoms with E-state index in [4.69, 9.17) is 4.74 Å². The fourth-order valence-electron chi connectivity index (χ4n) is 1.25. The molecule has 0 radical (unpaired) electrons. The number of carbonyl (C=O) groups is 2. The van der Waals surface area contributed by atoms with E-state index in [0.717, 1.165) is 17.5 Å². The molecule has 8 nitrogen and oxygen atoms in total. The Kier molecular flexibility index (Phi) is 5.75. The van der Waals surface area contributed by atoms with Gasteiger partial charge in [0.1, 0.15) is 6.54 Å². The fourth-order valence-corrected chi connectivity index (χ4v) is 1.25. The molecular formula is C10H17N5O3. The zero-order valence-corrected chi connectivity index (χ0v) is 10.5. The molecule has 0 atom stereocenters. The van der Waals surface area contributed by atoms with E-state index in [2.05, 4.69) is 20.8 Å². The van der Waals surface area contributed by atoms with E-state index in [1.807, 2.05) is 6.92 Å². The maximum atomic E-state index is 11.5. The van der Waals surface area contributed by atoms with Crippen molar-refractivity contribution >= 4 is 11.9 Å². The van der Waals surface area contributed by atoms with E-state index in [0.29, 0.717) is 6.54 Å². The van der Waals surface area contributed by atoms with Crippen LogP contribution in [0, 0.1) is 0 Å². The predicted molar refractivity (Wildman–Crippen MR) is 61.7 cm³/mol. The van der Waals surface area contributed by atoms with Gasteiger partial charge < -0.3 is 10.1 Å². The van der Waals surface area contributed by atoms with E-state index >= 15 is 0 Å².